The summed E-state index contributed by atoms with van der Waals surface area (Å²) in [6, 6.07) is 12.9. The van der Waals surface area contributed by atoms with Gasteiger partial charge in [-0.25, -0.2) is 17.8 Å². The second-order valence-electron chi connectivity index (χ2n) is 12.3. The van der Waals surface area contributed by atoms with Crippen molar-refractivity contribution in [1.29, 1.82) is 0 Å². The molecule has 3 heterocycles. The number of alkyl halides is 3. The van der Waals surface area contributed by atoms with E-state index in [0.717, 1.165) is 21.3 Å². The van der Waals surface area contributed by atoms with Crippen molar-refractivity contribution in [2.75, 3.05) is 18.1 Å². The van der Waals surface area contributed by atoms with E-state index in [4.69, 9.17) is 14.2 Å². The van der Waals surface area contributed by atoms with Gasteiger partial charge in [0.1, 0.15) is 5.02 Å². The summed E-state index contributed by atoms with van der Waals surface area (Å²) in [6.07, 6.45) is -4.98. The van der Waals surface area contributed by atoms with Gasteiger partial charge in [-0.3, -0.25) is 14.6 Å². The fourth-order valence-electron chi connectivity index (χ4n) is 4.72. The van der Waals surface area contributed by atoms with Crippen LogP contribution in [0.3, 0.4) is 0 Å². The van der Waals surface area contributed by atoms with E-state index in [1.54, 1.807) is 50.0 Å². The van der Waals surface area contributed by atoms with E-state index in [-0.39, 0.29) is 16.3 Å². The van der Waals surface area contributed by atoms with Gasteiger partial charge < -0.3 is 9.57 Å². The van der Waals surface area contributed by atoms with Crippen molar-refractivity contribution < 1.29 is 45.4 Å². The number of aromatic nitrogens is 4. The first-order valence-corrected chi connectivity index (χ1v) is 16.2. The second kappa shape index (κ2) is 12.5. The van der Waals surface area contributed by atoms with Crippen LogP contribution in [0.5, 0.6) is 0 Å². The molecule has 1 amide bonds. The van der Waals surface area contributed by atoms with Gasteiger partial charge in [-0.1, -0.05) is 29.8 Å². The zero-order valence-corrected chi connectivity index (χ0v) is 27.1. The average molecular weight is 681 g/mol. The normalized spacial score (nSPS) is 15.4. The van der Waals surface area contributed by atoms with Gasteiger partial charge in [-0.2, -0.15) is 22.9 Å². The maximum Gasteiger partial charge on any atom is 0.435 e. The number of halogens is 3. The first-order chi connectivity index (χ1) is 21.9. The number of sulfonamides is 1. The number of carbonyl (C=O) groups excluding carboxylic acids is 2. The van der Waals surface area contributed by atoms with Crippen LogP contribution in [-0.4, -0.2) is 59.4 Å². The first-order valence-electron chi connectivity index (χ1n) is 14.7. The Balaban J connectivity index is 1.19. The van der Waals surface area contributed by atoms with Crippen LogP contribution >= 0.6 is 0 Å². The largest absolute Gasteiger partial charge is 0.435 e. The van der Waals surface area contributed by atoms with Crippen molar-refractivity contribution in [2.24, 2.45) is 11.3 Å². The van der Waals surface area contributed by atoms with Crippen LogP contribution in [0.4, 0.5) is 13.2 Å². The number of nitrogens with one attached hydrogen (secondary N) is 1. The van der Waals surface area contributed by atoms with E-state index in [2.05, 4.69) is 9.82 Å². The lowest BCUT2D eigenvalue weighted by molar-refractivity contribution is -0.189. The van der Waals surface area contributed by atoms with Gasteiger partial charge in [-0.05, 0) is 70.9 Å². The molecule has 0 radical (unpaired) electrons. The van der Waals surface area contributed by atoms with Crippen molar-refractivity contribution in [1.82, 2.24) is 24.5 Å². The predicted octanol–water partition coefficient (Wildman–Crippen LogP) is 4.28. The van der Waals surface area contributed by atoms with E-state index in [0.29, 0.717) is 31.5 Å². The number of carbonyl (C=O) groups is 2. The molecule has 2 aromatic carbocycles. The molecule has 1 aliphatic rings. The summed E-state index contributed by atoms with van der Waals surface area (Å²) in [5.74, 6) is -1.73. The third-order valence-electron chi connectivity index (χ3n) is 7.44. The highest BCUT2D eigenvalue weighted by molar-refractivity contribution is 7.90. The quantitative estimate of drug-likeness (QED) is 0.203. The molecule has 4 aromatic rings. The molecule has 1 atom stereocenters. The maximum absolute atomic E-state index is 13.5. The minimum absolute atomic E-state index is 0.175. The Morgan fingerprint density at radius 2 is 1.64 bits per heavy atom. The number of hydrogen-bond acceptors (Lipinski definition) is 9. The van der Waals surface area contributed by atoms with Crippen molar-refractivity contribution in [2.45, 2.75) is 64.8 Å². The fourth-order valence-corrected chi connectivity index (χ4v) is 5.77. The summed E-state index contributed by atoms with van der Waals surface area (Å²) in [4.78, 5) is 31.4. The minimum Gasteiger partial charge on any atom is -0.423 e. The highest BCUT2D eigenvalue weighted by Gasteiger charge is 2.36. The van der Waals surface area contributed by atoms with Crippen LogP contribution < -0.4 is 14.6 Å². The molecule has 1 unspecified atom stereocenters. The Morgan fingerprint density at radius 3 is 2.21 bits per heavy atom. The molecule has 1 saturated heterocycles. The van der Waals surface area contributed by atoms with E-state index >= 15 is 0 Å². The molecule has 5 rings (SSSR count). The van der Waals surface area contributed by atoms with Crippen molar-refractivity contribution in [3.05, 3.63) is 65.9 Å². The Kier molecular flexibility index (Phi) is 8.96. The van der Waals surface area contributed by atoms with Gasteiger partial charge in [0, 0.05) is 36.5 Å². The fraction of sp³-hybridized carbons (Fsp3) is 0.433. The number of nitrogens with zero attached hydrogens (tertiary/aromatic N) is 5. The molecule has 2 aromatic heterocycles. The maximum atomic E-state index is 13.5. The summed E-state index contributed by atoms with van der Waals surface area (Å²) in [7, 11) is -4.28. The van der Waals surface area contributed by atoms with E-state index in [1.165, 1.54) is 36.2 Å². The Labute approximate surface area is 268 Å². The Bertz CT molecular complexity index is 1820. The lowest BCUT2D eigenvalue weighted by Gasteiger charge is -2.28. The average Bonchev–Trinajstić information content (AvgIpc) is 3.60. The van der Waals surface area contributed by atoms with Gasteiger partial charge in [0.15, 0.2) is 5.69 Å². The predicted molar refractivity (Wildman–Crippen MR) is 161 cm³/mol. The van der Waals surface area contributed by atoms with Crippen LogP contribution in [0, 0.1) is 18.3 Å². The van der Waals surface area contributed by atoms with Gasteiger partial charge in [0.05, 0.1) is 21.7 Å². The SMILES string of the molecule is Cc1ccc(-c2cc(C(F)(F)F)nn2-c2ccc(S(=O)(=O)NC(=O)C3CCN(n4on4OC(C)OC(=O)C(C)(C)C)CC3)cc2)cc1. The van der Waals surface area contributed by atoms with Gasteiger partial charge >= 0.3 is 12.1 Å². The lowest BCUT2D eigenvalue weighted by Crippen LogP contribution is -2.45. The van der Waals surface area contributed by atoms with E-state index in [1.807, 2.05) is 6.92 Å². The summed E-state index contributed by atoms with van der Waals surface area (Å²) in [5.41, 5.74) is 0.00251. The van der Waals surface area contributed by atoms with Gasteiger partial charge in [0.25, 0.3) is 16.3 Å². The summed E-state index contributed by atoms with van der Waals surface area (Å²) >= 11 is 0. The number of piperidine rings is 1. The highest BCUT2D eigenvalue weighted by Crippen LogP contribution is 2.33. The number of amides is 1. The summed E-state index contributed by atoms with van der Waals surface area (Å²) in [6.45, 7) is 9.22. The highest BCUT2D eigenvalue weighted by atomic mass is 32.2. The van der Waals surface area contributed by atoms with Crippen molar-refractivity contribution in [3.63, 3.8) is 0 Å². The van der Waals surface area contributed by atoms with E-state index < -0.39 is 51.4 Å². The number of rotatable bonds is 9. The number of ether oxygens (including phenoxy) is 1. The molecule has 17 heteroatoms. The van der Waals surface area contributed by atoms with Crippen LogP contribution in [0.2, 0.25) is 0 Å². The van der Waals surface area contributed by atoms with Gasteiger partial charge in [-0.15, -0.1) is 0 Å². The molecule has 1 N–H and O–H groups in total. The monoisotopic (exact) mass is 680 g/mol. The first kappa shape index (κ1) is 33.7. The van der Waals surface area contributed by atoms with Crippen molar-refractivity contribution in [3.8, 4) is 16.9 Å². The number of benzene rings is 2. The molecule has 1 aliphatic heterocycles. The third kappa shape index (κ3) is 7.84. The van der Waals surface area contributed by atoms with Crippen LogP contribution in [0.15, 0.2) is 64.1 Å². The van der Waals surface area contributed by atoms with Crippen LogP contribution in [0.25, 0.3) is 16.9 Å². The molecule has 1 fully saturated rings. The van der Waals surface area contributed by atoms with Gasteiger partial charge in [0.2, 0.25) is 5.91 Å². The number of aryl methyl sites for hydroxylation is 1. The number of hydrogen-bond donors (Lipinski definition) is 1. The van der Waals surface area contributed by atoms with Crippen LogP contribution in [-0.2, 0) is 30.5 Å². The summed E-state index contributed by atoms with van der Waals surface area (Å²) < 4.78 is 80.4. The van der Waals surface area contributed by atoms with E-state index in [9.17, 15) is 31.2 Å². The molecule has 0 aliphatic carbocycles. The van der Waals surface area contributed by atoms with Crippen LogP contribution in [0.1, 0.15) is 51.8 Å². The molecule has 254 valence electrons. The Hall–Kier alpha value is -4.67. The molecular formula is C30H35F3N6O7S. The zero-order valence-electron chi connectivity index (χ0n) is 26.3. The third-order valence-corrected chi connectivity index (χ3v) is 8.80. The zero-order chi connectivity index (χ0) is 34.3. The molecule has 47 heavy (non-hydrogen) atoms. The second-order valence-corrected chi connectivity index (χ2v) is 14.0. The molecule has 0 spiro atoms. The lowest BCUT2D eigenvalue weighted by atomic mass is 9.97. The summed E-state index contributed by atoms with van der Waals surface area (Å²) in [5, 5.41) is 6.51. The minimum atomic E-state index is -4.69. The molecule has 13 nitrogen and oxygen atoms in total. The topological polar surface area (TPSA) is 143 Å². The Morgan fingerprint density at radius 1 is 1.02 bits per heavy atom. The molecule has 0 saturated carbocycles. The smallest absolute Gasteiger partial charge is 0.423 e. The standard InChI is InChI=1S/C30H35F3N6O7S/c1-19-6-8-21(9-7-19)25-18-26(30(31,32)33)34-37(25)23-10-12-24(13-11-23)47(42,43)35-27(40)22-14-16-36(17-15-22)38-39(46-38)45-20(2)44-28(41)29(3,4)5/h6-13,18,20,22H,14-17H2,1-5H3,(H,35,40). The van der Waals surface area contributed by atoms with Crippen molar-refractivity contribution >= 4 is 21.9 Å². The number of esters is 1. The molecular weight excluding hydrogens is 645 g/mol. The molecule has 0 bridgehead atoms.